The molecule has 0 spiro atoms. The van der Waals surface area contributed by atoms with E-state index in [0.717, 1.165) is 11.1 Å². The molecule has 0 fully saturated rings. The van der Waals surface area contributed by atoms with E-state index >= 15 is 0 Å². The van der Waals surface area contributed by atoms with Crippen LogP contribution in [-0.4, -0.2) is 5.11 Å². The van der Waals surface area contributed by atoms with Crippen LogP contribution in [0.2, 0.25) is 0 Å². The lowest BCUT2D eigenvalue weighted by Crippen LogP contribution is -1.82. The highest BCUT2D eigenvalue weighted by Gasteiger charge is 1.95. The first-order chi connectivity index (χ1) is 8.29. The van der Waals surface area contributed by atoms with Gasteiger partial charge in [-0.3, -0.25) is 0 Å². The molecular weight excluding hydrogens is 215 g/mol. The summed E-state index contributed by atoms with van der Waals surface area (Å²) in [6.07, 6.45) is 3.59. The molecule has 0 saturated heterocycles. The van der Waals surface area contributed by atoms with E-state index in [-0.39, 0.29) is 12.4 Å². The van der Waals surface area contributed by atoms with Gasteiger partial charge >= 0.3 is 0 Å². The molecular formula is C15H13FO. The zero-order valence-corrected chi connectivity index (χ0v) is 9.31. The lowest BCUT2D eigenvalue weighted by molar-refractivity contribution is 0.282. The summed E-state index contributed by atoms with van der Waals surface area (Å²) in [5.41, 5.74) is 2.41. The molecule has 1 N–H and O–H groups in total. The molecule has 2 rings (SSSR count). The fourth-order valence-corrected chi connectivity index (χ4v) is 1.53. The number of hydrogen-bond acceptors (Lipinski definition) is 1. The second-order valence-corrected chi connectivity index (χ2v) is 3.75. The quantitative estimate of drug-likeness (QED) is 0.797. The molecule has 2 aromatic rings. The Bertz CT molecular complexity index is 515. The summed E-state index contributed by atoms with van der Waals surface area (Å²) < 4.78 is 13.3. The summed E-state index contributed by atoms with van der Waals surface area (Å²) in [6.45, 7) is 0.0390. The third-order valence-electron chi connectivity index (χ3n) is 2.52. The Labute approximate surface area is 99.9 Å². The van der Waals surface area contributed by atoms with Crippen molar-refractivity contribution in [2.75, 3.05) is 0 Å². The Hall–Kier alpha value is -1.93. The zero-order chi connectivity index (χ0) is 12.1. The molecule has 17 heavy (non-hydrogen) atoms. The van der Waals surface area contributed by atoms with Gasteiger partial charge in [-0.15, -0.1) is 0 Å². The normalized spacial score (nSPS) is 10.9. The van der Waals surface area contributed by atoms with Crippen molar-refractivity contribution >= 4 is 12.2 Å². The molecule has 0 amide bonds. The van der Waals surface area contributed by atoms with Crippen molar-refractivity contribution in [1.82, 2.24) is 0 Å². The molecule has 0 aromatic heterocycles. The van der Waals surface area contributed by atoms with Crippen LogP contribution in [0.5, 0.6) is 0 Å². The lowest BCUT2D eigenvalue weighted by atomic mass is 10.1. The molecule has 0 atom stereocenters. The van der Waals surface area contributed by atoms with Crippen molar-refractivity contribution in [3.05, 3.63) is 71.0 Å². The van der Waals surface area contributed by atoms with E-state index in [9.17, 15) is 4.39 Å². The van der Waals surface area contributed by atoms with Crippen LogP contribution in [0.25, 0.3) is 12.2 Å². The topological polar surface area (TPSA) is 20.2 Å². The second kappa shape index (κ2) is 5.41. The molecule has 2 heteroatoms. The highest BCUT2D eigenvalue weighted by molar-refractivity contribution is 5.69. The minimum atomic E-state index is -0.226. The predicted octanol–water partition coefficient (Wildman–Crippen LogP) is 3.49. The Balaban J connectivity index is 2.17. The summed E-state index contributed by atoms with van der Waals surface area (Å²) in [5.74, 6) is -0.226. The average Bonchev–Trinajstić information content (AvgIpc) is 2.38. The monoisotopic (exact) mass is 228 g/mol. The Morgan fingerprint density at radius 3 is 2.29 bits per heavy atom. The Kier molecular flexibility index (Phi) is 3.68. The molecule has 0 saturated carbocycles. The first-order valence-electron chi connectivity index (χ1n) is 5.42. The van der Waals surface area contributed by atoms with Crippen molar-refractivity contribution in [2.24, 2.45) is 0 Å². The number of aliphatic hydroxyl groups excluding tert-OH is 1. The summed E-state index contributed by atoms with van der Waals surface area (Å²) in [6, 6.07) is 14.1. The van der Waals surface area contributed by atoms with Crippen molar-refractivity contribution in [2.45, 2.75) is 6.61 Å². The van der Waals surface area contributed by atoms with Gasteiger partial charge in [0.1, 0.15) is 5.82 Å². The van der Waals surface area contributed by atoms with E-state index < -0.39 is 0 Å². The zero-order valence-electron chi connectivity index (χ0n) is 9.31. The number of rotatable bonds is 3. The molecule has 0 radical (unpaired) electrons. The van der Waals surface area contributed by atoms with Crippen molar-refractivity contribution in [1.29, 1.82) is 0 Å². The van der Waals surface area contributed by atoms with E-state index in [1.54, 1.807) is 24.3 Å². The second-order valence-electron chi connectivity index (χ2n) is 3.75. The maximum atomic E-state index is 13.3. The van der Waals surface area contributed by atoms with Crippen molar-refractivity contribution in [3.63, 3.8) is 0 Å². The predicted molar refractivity (Wildman–Crippen MR) is 67.7 cm³/mol. The SMILES string of the molecule is OCc1ccc(/C=C/c2ccccc2F)cc1. The van der Waals surface area contributed by atoms with Gasteiger partial charge in [0, 0.05) is 5.56 Å². The lowest BCUT2D eigenvalue weighted by Gasteiger charge is -1.98. The molecule has 86 valence electrons. The van der Waals surface area contributed by atoms with Gasteiger partial charge in [0.2, 0.25) is 0 Å². The highest BCUT2D eigenvalue weighted by Crippen LogP contribution is 2.12. The first-order valence-corrected chi connectivity index (χ1v) is 5.42. The summed E-state index contributed by atoms with van der Waals surface area (Å²) in [5, 5.41) is 8.91. The minimum Gasteiger partial charge on any atom is -0.392 e. The number of halogens is 1. The molecule has 2 aromatic carbocycles. The highest BCUT2D eigenvalue weighted by atomic mass is 19.1. The van der Waals surface area contributed by atoms with Gasteiger partial charge in [0.15, 0.2) is 0 Å². The van der Waals surface area contributed by atoms with E-state index in [1.807, 2.05) is 30.3 Å². The van der Waals surface area contributed by atoms with Gasteiger partial charge in [-0.25, -0.2) is 4.39 Å². The summed E-state index contributed by atoms with van der Waals surface area (Å²) in [7, 11) is 0. The molecule has 0 unspecified atom stereocenters. The molecule has 0 bridgehead atoms. The standard InChI is InChI=1S/C15H13FO/c16-15-4-2-1-3-14(15)10-9-12-5-7-13(11-17)8-6-12/h1-10,17H,11H2/b10-9+. The Morgan fingerprint density at radius 1 is 0.941 bits per heavy atom. The van der Waals surface area contributed by atoms with E-state index in [4.69, 9.17) is 5.11 Å². The van der Waals surface area contributed by atoms with Crippen LogP contribution in [0.1, 0.15) is 16.7 Å². The van der Waals surface area contributed by atoms with Crippen molar-refractivity contribution < 1.29 is 9.50 Å². The van der Waals surface area contributed by atoms with E-state index in [2.05, 4.69) is 0 Å². The van der Waals surface area contributed by atoms with Crippen LogP contribution >= 0.6 is 0 Å². The van der Waals surface area contributed by atoms with E-state index in [0.29, 0.717) is 5.56 Å². The maximum Gasteiger partial charge on any atom is 0.130 e. The van der Waals surface area contributed by atoms with Crippen LogP contribution in [0.4, 0.5) is 4.39 Å². The molecule has 1 nitrogen and oxygen atoms in total. The summed E-state index contributed by atoms with van der Waals surface area (Å²) in [4.78, 5) is 0. The van der Waals surface area contributed by atoms with Crippen LogP contribution < -0.4 is 0 Å². The van der Waals surface area contributed by atoms with Gasteiger partial charge in [-0.2, -0.15) is 0 Å². The molecule has 0 heterocycles. The summed E-state index contributed by atoms with van der Waals surface area (Å²) >= 11 is 0. The van der Waals surface area contributed by atoms with Gasteiger partial charge in [-0.1, -0.05) is 54.6 Å². The number of hydrogen-bond donors (Lipinski definition) is 1. The average molecular weight is 228 g/mol. The van der Waals surface area contributed by atoms with Crippen LogP contribution in [0.15, 0.2) is 48.5 Å². The third-order valence-corrected chi connectivity index (χ3v) is 2.52. The molecule has 0 aliphatic heterocycles. The van der Waals surface area contributed by atoms with Crippen LogP contribution in [0, 0.1) is 5.82 Å². The van der Waals surface area contributed by atoms with Gasteiger partial charge < -0.3 is 5.11 Å². The largest absolute Gasteiger partial charge is 0.392 e. The fourth-order valence-electron chi connectivity index (χ4n) is 1.53. The maximum absolute atomic E-state index is 13.3. The number of aliphatic hydroxyl groups is 1. The Morgan fingerprint density at radius 2 is 1.65 bits per heavy atom. The number of benzene rings is 2. The minimum absolute atomic E-state index is 0.0390. The van der Waals surface area contributed by atoms with E-state index in [1.165, 1.54) is 6.07 Å². The van der Waals surface area contributed by atoms with Crippen molar-refractivity contribution in [3.8, 4) is 0 Å². The van der Waals surface area contributed by atoms with Gasteiger partial charge in [-0.05, 0) is 17.2 Å². The third kappa shape index (κ3) is 3.02. The smallest absolute Gasteiger partial charge is 0.130 e. The van der Waals surface area contributed by atoms with Crippen LogP contribution in [0.3, 0.4) is 0 Å². The van der Waals surface area contributed by atoms with Gasteiger partial charge in [0.05, 0.1) is 6.61 Å². The molecule has 0 aliphatic rings. The van der Waals surface area contributed by atoms with Gasteiger partial charge in [0.25, 0.3) is 0 Å². The fraction of sp³-hybridized carbons (Fsp3) is 0.0667. The van der Waals surface area contributed by atoms with Crippen LogP contribution in [-0.2, 0) is 6.61 Å². The first kappa shape index (κ1) is 11.6. The molecule has 0 aliphatic carbocycles.